The zero-order valence-electron chi connectivity index (χ0n) is 10.5. The summed E-state index contributed by atoms with van der Waals surface area (Å²) in [6.07, 6.45) is 0. The van der Waals surface area contributed by atoms with Crippen molar-refractivity contribution >= 4 is 23.0 Å². The molecule has 88 valence electrons. The van der Waals surface area contributed by atoms with Gasteiger partial charge in [-0.25, -0.2) is 4.98 Å². The van der Waals surface area contributed by atoms with E-state index in [1.54, 1.807) is 0 Å². The minimum Gasteiger partial charge on any atom is -0.389 e. The monoisotopic (exact) mass is 237 g/mol. The molecule has 0 unspecified atom stereocenters. The Kier molecular flexibility index (Phi) is 3.53. The Labute approximate surface area is 102 Å². The standard InChI is InChI=1S/C12H19N3S/c1-7-6-8(2)14-11(9(7)10(13)16)15-12(3,4)5/h6H,1-5H3,(H2,13,16)(H,14,15). The molecule has 1 heterocycles. The molecule has 0 radical (unpaired) electrons. The number of thiocarbonyl (C=S) groups is 1. The summed E-state index contributed by atoms with van der Waals surface area (Å²) < 4.78 is 0. The Morgan fingerprint density at radius 1 is 1.38 bits per heavy atom. The number of pyridine rings is 1. The lowest BCUT2D eigenvalue weighted by atomic mass is 10.1. The maximum absolute atomic E-state index is 5.74. The molecule has 0 aliphatic rings. The van der Waals surface area contributed by atoms with Crippen LogP contribution in [0.1, 0.15) is 37.6 Å². The largest absolute Gasteiger partial charge is 0.389 e. The molecule has 0 fully saturated rings. The molecule has 0 saturated heterocycles. The Hall–Kier alpha value is -1.16. The molecule has 3 nitrogen and oxygen atoms in total. The van der Waals surface area contributed by atoms with Crippen LogP contribution in [0.4, 0.5) is 5.82 Å². The average molecular weight is 237 g/mol. The highest BCUT2D eigenvalue weighted by molar-refractivity contribution is 7.80. The molecule has 1 aromatic heterocycles. The third kappa shape index (κ3) is 3.17. The molecule has 0 aliphatic heterocycles. The van der Waals surface area contributed by atoms with Gasteiger partial charge in [-0.2, -0.15) is 0 Å². The molecule has 0 aromatic carbocycles. The smallest absolute Gasteiger partial charge is 0.137 e. The fourth-order valence-electron chi connectivity index (χ4n) is 1.59. The molecular formula is C12H19N3S. The minimum atomic E-state index is -0.0627. The van der Waals surface area contributed by atoms with Crippen molar-refractivity contribution < 1.29 is 0 Å². The van der Waals surface area contributed by atoms with Gasteiger partial charge in [-0.3, -0.25) is 0 Å². The molecule has 1 aromatic rings. The van der Waals surface area contributed by atoms with Crippen LogP contribution in [0.15, 0.2) is 6.07 Å². The van der Waals surface area contributed by atoms with Gasteiger partial charge in [-0.05, 0) is 46.2 Å². The van der Waals surface area contributed by atoms with Gasteiger partial charge in [0.05, 0.1) is 5.56 Å². The van der Waals surface area contributed by atoms with Crippen LogP contribution in [0, 0.1) is 13.8 Å². The fourth-order valence-corrected chi connectivity index (χ4v) is 1.85. The summed E-state index contributed by atoms with van der Waals surface area (Å²) in [4.78, 5) is 4.85. The number of nitrogens with two attached hydrogens (primary N) is 1. The van der Waals surface area contributed by atoms with Gasteiger partial charge in [-0.15, -0.1) is 0 Å². The molecule has 1 rings (SSSR count). The van der Waals surface area contributed by atoms with Crippen LogP contribution < -0.4 is 11.1 Å². The number of hydrogen-bond acceptors (Lipinski definition) is 3. The zero-order valence-corrected chi connectivity index (χ0v) is 11.3. The van der Waals surface area contributed by atoms with Crippen molar-refractivity contribution in [2.75, 3.05) is 5.32 Å². The van der Waals surface area contributed by atoms with Crippen LogP contribution >= 0.6 is 12.2 Å². The second-order valence-electron chi connectivity index (χ2n) is 5.04. The molecule has 0 atom stereocenters. The molecule has 16 heavy (non-hydrogen) atoms. The summed E-state index contributed by atoms with van der Waals surface area (Å²) in [6.45, 7) is 10.2. The van der Waals surface area contributed by atoms with Gasteiger partial charge in [0.1, 0.15) is 10.8 Å². The molecule has 0 saturated carbocycles. The van der Waals surface area contributed by atoms with Crippen LogP contribution in [0.3, 0.4) is 0 Å². The third-order valence-electron chi connectivity index (χ3n) is 2.08. The summed E-state index contributed by atoms with van der Waals surface area (Å²) in [5.74, 6) is 0.775. The van der Waals surface area contributed by atoms with Crippen LogP contribution in [-0.4, -0.2) is 15.5 Å². The van der Waals surface area contributed by atoms with E-state index >= 15 is 0 Å². The lowest BCUT2D eigenvalue weighted by Crippen LogP contribution is -2.29. The predicted octanol–water partition coefficient (Wildman–Crippen LogP) is 2.54. The average Bonchev–Trinajstić information content (AvgIpc) is 1.96. The van der Waals surface area contributed by atoms with E-state index in [1.165, 1.54) is 0 Å². The Morgan fingerprint density at radius 2 is 1.94 bits per heavy atom. The number of rotatable bonds is 2. The van der Waals surface area contributed by atoms with Gasteiger partial charge < -0.3 is 11.1 Å². The van der Waals surface area contributed by atoms with Gasteiger partial charge in [-0.1, -0.05) is 12.2 Å². The van der Waals surface area contributed by atoms with Gasteiger partial charge in [0, 0.05) is 11.2 Å². The van der Waals surface area contributed by atoms with E-state index < -0.39 is 0 Å². The van der Waals surface area contributed by atoms with E-state index in [4.69, 9.17) is 18.0 Å². The van der Waals surface area contributed by atoms with Gasteiger partial charge in [0.25, 0.3) is 0 Å². The summed E-state index contributed by atoms with van der Waals surface area (Å²) in [6, 6.07) is 1.99. The quantitative estimate of drug-likeness (QED) is 0.776. The van der Waals surface area contributed by atoms with Gasteiger partial charge in [0.15, 0.2) is 0 Å². The number of nitrogens with zero attached hydrogens (tertiary/aromatic N) is 1. The maximum atomic E-state index is 5.74. The second-order valence-corrected chi connectivity index (χ2v) is 5.48. The summed E-state index contributed by atoms with van der Waals surface area (Å²) in [5.41, 5.74) is 8.54. The highest BCUT2D eigenvalue weighted by Gasteiger charge is 2.16. The first-order valence-corrected chi connectivity index (χ1v) is 5.68. The van der Waals surface area contributed by atoms with Crippen molar-refractivity contribution in [2.24, 2.45) is 5.73 Å². The van der Waals surface area contributed by atoms with E-state index in [2.05, 4.69) is 31.1 Å². The minimum absolute atomic E-state index is 0.0627. The van der Waals surface area contributed by atoms with Crippen molar-refractivity contribution in [2.45, 2.75) is 40.2 Å². The number of hydrogen-bond donors (Lipinski definition) is 2. The van der Waals surface area contributed by atoms with Crippen molar-refractivity contribution in [3.63, 3.8) is 0 Å². The fraction of sp³-hybridized carbons (Fsp3) is 0.500. The number of aryl methyl sites for hydroxylation is 2. The topological polar surface area (TPSA) is 50.9 Å². The molecule has 0 amide bonds. The normalized spacial score (nSPS) is 11.3. The molecule has 4 heteroatoms. The summed E-state index contributed by atoms with van der Waals surface area (Å²) >= 11 is 5.07. The SMILES string of the molecule is Cc1cc(C)c(C(N)=S)c(NC(C)(C)C)n1. The summed E-state index contributed by atoms with van der Waals surface area (Å²) in [5, 5.41) is 3.33. The summed E-state index contributed by atoms with van der Waals surface area (Å²) in [7, 11) is 0. The number of nitrogens with one attached hydrogen (secondary N) is 1. The lowest BCUT2D eigenvalue weighted by molar-refractivity contribution is 0.629. The molecule has 0 bridgehead atoms. The van der Waals surface area contributed by atoms with Crippen molar-refractivity contribution in [3.8, 4) is 0 Å². The first kappa shape index (κ1) is 12.9. The van der Waals surface area contributed by atoms with E-state index in [9.17, 15) is 0 Å². The number of aromatic nitrogens is 1. The second kappa shape index (κ2) is 4.37. The Balaban J connectivity index is 3.30. The zero-order chi connectivity index (χ0) is 12.5. The van der Waals surface area contributed by atoms with E-state index in [0.717, 1.165) is 22.6 Å². The van der Waals surface area contributed by atoms with Crippen LogP contribution in [0.5, 0.6) is 0 Å². The van der Waals surface area contributed by atoms with Crippen molar-refractivity contribution in [1.82, 2.24) is 4.98 Å². The lowest BCUT2D eigenvalue weighted by Gasteiger charge is -2.24. The van der Waals surface area contributed by atoms with Crippen LogP contribution in [-0.2, 0) is 0 Å². The molecule has 0 spiro atoms. The van der Waals surface area contributed by atoms with Crippen molar-refractivity contribution in [3.05, 3.63) is 22.9 Å². The first-order valence-electron chi connectivity index (χ1n) is 5.27. The first-order chi connectivity index (χ1) is 7.20. The molecule has 3 N–H and O–H groups in total. The molecule has 0 aliphatic carbocycles. The maximum Gasteiger partial charge on any atom is 0.137 e. The highest BCUT2D eigenvalue weighted by atomic mass is 32.1. The third-order valence-corrected chi connectivity index (χ3v) is 2.29. The van der Waals surface area contributed by atoms with Gasteiger partial charge >= 0.3 is 0 Å². The Bertz CT molecular complexity index is 419. The highest BCUT2D eigenvalue weighted by Crippen LogP contribution is 2.21. The van der Waals surface area contributed by atoms with Crippen molar-refractivity contribution in [1.29, 1.82) is 0 Å². The van der Waals surface area contributed by atoms with E-state index in [-0.39, 0.29) is 5.54 Å². The predicted molar refractivity (Wildman–Crippen MR) is 73.0 cm³/mol. The molecular weight excluding hydrogens is 218 g/mol. The van der Waals surface area contributed by atoms with E-state index in [0.29, 0.717) is 4.99 Å². The Morgan fingerprint density at radius 3 is 2.38 bits per heavy atom. The van der Waals surface area contributed by atoms with E-state index in [1.807, 2.05) is 19.9 Å². The van der Waals surface area contributed by atoms with Crippen LogP contribution in [0.2, 0.25) is 0 Å². The van der Waals surface area contributed by atoms with Gasteiger partial charge in [0.2, 0.25) is 0 Å². The number of anilines is 1. The van der Waals surface area contributed by atoms with Crippen LogP contribution in [0.25, 0.3) is 0 Å².